The number of rotatable bonds is 4. The van der Waals surface area contributed by atoms with E-state index in [0.29, 0.717) is 19.0 Å². The molecule has 0 radical (unpaired) electrons. The lowest BCUT2D eigenvalue weighted by atomic mass is 10.00. The van der Waals surface area contributed by atoms with Gasteiger partial charge in [0.05, 0.1) is 21.2 Å². The van der Waals surface area contributed by atoms with Gasteiger partial charge in [0, 0.05) is 50.9 Å². The number of aryl methyl sites for hydroxylation is 1. The van der Waals surface area contributed by atoms with Crippen molar-refractivity contribution in [3.63, 3.8) is 0 Å². The van der Waals surface area contributed by atoms with E-state index in [1.165, 1.54) is 23.5 Å². The van der Waals surface area contributed by atoms with E-state index in [1.807, 2.05) is 4.90 Å². The molecule has 1 aromatic heterocycles. The molecule has 184 valence electrons. The highest BCUT2D eigenvalue weighted by molar-refractivity contribution is 7.93. The summed E-state index contributed by atoms with van der Waals surface area (Å²) in [6.07, 6.45) is 0.201. The first-order valence-corrected chi connectivity index (χ1v) is 12.9. The van der Waals surface area contributed by atoms with Crippen molar-refractivity contribution in [1.29, 1.82) is 0 Å². The van der Waals surface area contributed by atoms with Crippen molar-refractivity contribution in [2.75, 3.05) is 43.9 Å². The second-order valence-electron chi connectivity index (χ2n) is 8.43. The summed E-state index contributed by atoms with van der Waals surface area (Å²) < 4.78 is 58.5. The molecule has 2 atom stereocenters. The van der Waals surface area contributed by atoms with Crippen molar-refractivity contribution < 1.29 is 26.9 Å². The number of halogens is 3. The summed E-state index contributed by atoms with van der Waals surface area (Å²) in [5.41, 5.74) is 2.45. The molecule has 12 heteroatoms. The predicted molar refractivity (Wildman–Crippen MR) is 120 cm³/mol. The highest BCUT2D eigenvalue weighted by atomic mass is 32.2. The zero-order chi connectivity index (χ0) is 24.5. The summed E-state index contributed by atoms with van der Waals surface area (Å²) in [6, 6.07) is 6.64. The summed E-state index contributed by atoms with van der Waals surface area (Å²) in [7, 11) is -3.60. The fourth-order valence-electron chi connectivity index (χ4n) is 4.07. The molecule has 0 aliphatic carbocycles. The molecule has 34 heavy (non-hydrogen) atoms. The number of carbonyl (C=O) groups excluding carboxylic acids is 1. The van der Waals surface area contributed by atoms with Gasteiger partial charge in [-0.1, -0.05) is 12.1 Å². The van der Waals surface area contributed by atoms with E-state index in [0.717, 1.165) is 44.5 Å². The molecule has 1 saturated heterocycles. The molecule has 8 nitrogen and oxygen atoms in total. The molecule has 2 aliphatic heterocycles. The van der Waals surface area contributed by atoms with E-state index in [4.69, 9.17) is 4.74 Å². The first-order chi connectivity index (χ1) is 16.0. The van der Waals surface area contributed by atoms with Crippen molar-refractivity contribution in [2.45, 2.75) is 36.9 Å². The number of benzene rings is 1. The maximum absolute atomic E-state index is 12.5. The minimum Gasteiger partial charge on any atom is -0.493 e. The SMILES string of the molecule is CC(c1ccc2c(c1)OCCC2)N1CCN(c2ncc(S(C)(=O)=NC(=O)C(F)(F)F)cn2)CC1. The standard InChI is InChI=1S/C22H26F3N5O3S/c1-15(17-6-5-16-4-3-11-33-19(16)12-17)29-7-9-30(10-8-29)21-26-13-18(14-27-21)34(2,32)28-20(31)22(23,24)25/h5-6,12-15H,3-4,7-11H2,1-2H3. The van der Waals surface area contributed by atoms with Gasteiger partial charge in [-0.3, -0.25) is 9.69 Å². The van der Waals surface area contributed by atoms with E-state index in [-0.39, 0.29) is 10.9 Å². The van der Waals surface area contributed by atoms with Gasteiger partial charge in [0.1, 0.15) is 5.75 Å². The van der Waals surface area contributed by atoms with Crippen molar-refractivity contribution in [3.8, 4) is 5.75 Å². The number of hydrogen-bond donors (Lipinski definition) is 0. The minimum atomic E-state index is -5.18. The van der Waals surface area contributed by atoms with Crippen LogP contribution in [0.15, 0.2) is 39.9 Å². The van der Waals surface area contributed by atoms with Gasteiger partial charge in [0.25, 0.3) is 0 Å². The van der Waals surface area contributed by atoms with Crippen LogP contribution >= 0.6 is 0 Å². The molecule has 1 fully saturated rings. The molecular weight excluding hydrogens is 471 g/mol. The maximum atomic E-state index is 12.5. The molecule has 4 rings (SSSR count). The van der Waals surface area contributed by atoms with Crippen molar-refractivity contribution in [3.05, 3.63) is 41.7 Å². The van der Waals surface area contributed by atoms with Gasteiger partial charge in [-0.25, -0.2) is 14.2 Å². The fourth-order valence-corrected chi connectivity index (χ4v) is 5.09. The Balaban J connectivity index is 1.39. The lowest BCUT2D eigenvalue weighted by Crippen LogP contribution is -2.47. The van der Waals surface area contributed by atoms with Gasteiger partial charge in [-0.05, 0) is 37.0 Å². The quantitative estimate of drug-likeness (QED) is 0.641. The fraction of sp³-hybridized carbons (Fsp3) is 0.500. The topological polar surface area (TPSA) is 88.0 Å². The summed E-state index contributed by atoms with van der Waals surface area (Å²) in [5, 5.41) is 0. The Morgan fingerprint density at radius 3 is 2.50 bits per heavy atom. The van der Waals surface area contributed by atoms with E-state index >= 15 is 0 Å². The third-order valence-electron chi connectivity index (χ3n) is 6.12. The van der Waals surface area contributed by atoms with Crippen LogP contribution in [0.5, 0.6) is 5.75 Å². The van der Waals surface area contributed by atoms with Crippen LogP contribution in [0.1, 0.15) is 30.5 Å². The van der Waals surface area contributed by atoms with Crippen LogP contribution in [0.4, 0.5) is 19.1 Å². The van der Waals surface area contributed by atoms with E-state index in [1.54, 1.807) is 0 Å². The average molecular weight is 498 g/mol. The molecule has 0 bridgehead atoms. The minimum absolute atomic E-state index is 0.129. The normalized spacial score (nSPS) is 19.5. The van der Waals surface area contributed by atoms with Gasteiger partial charge < -0.3 is 9.64 Å². The number of carbonyl (C=O) groups is 1. The summed E-state index contributed by atoms with van der Waals surface area (Å²) in [6.45, 7) is 5.76. The van der Waals surface area contributed by atoms with Crippen LogP contribution in [0.2, 0.25) is 0 Å². The molecule has 2 unspecified atom stereocenters. The number of amides is 1. The smallest absolute Gasteiger partial charge is 0.474 e. The largest absolute Gasteiger partial charge is 0.493 e. The highest BCUT2D eigenvalue weighted by Gasteiger charge is 2.39. The van der Waals surface area contributed by atoms with Crippen LogP contribution in [0.3, 0.4) is 0 Å². The molecule has 1 aromatic carbocycles. The molecule has 0 saturated carbocycles. The Morgan fingerprint density at radius 1 is 1.18 bits per heavy atom. The number of piperazine rings is 1. The number of nitrogens with zero attached hydrogens (tertiary/aromatic N) is 5. The van der Waals surface area contributed by atoms with E-state index in [9.17, 15) is 22.2 Å². The monoisotopic (exact) mass is 497 g/mol. The zero-order valence-electron chi connectivity index (χ0n) is 18.9. The maximum Gasteiger partial charge on any atom is 0.474 e. The van der Waals surface area contributed by atoms with Gasteiger partial charge in [0.15, 0.2) is 0 Å². The van der Waals surface area contributed by atoms with Crippen LogP contribution in [-0.4, -0.2) is 70.2 Å². The third kappa shape index (κ3) is 5.33. The van der Waals surface area contributed by atoms with Crippen molar-refractivity contribution in [1.82, 2.24) is 14.9 Å². The molecule has 2 aromatic rings. The van der Waals surface area contributed by atoms with Crippen LogP contribution in [-0.2, 0) is 20.9 Å². The predicted octanol–water partition coefficient (Wildman–Crippen LogP) is 3.23. The Bertz CT molecular complexity index is 1170. The second kappa shape index (κ2) is 9.49. The number of fused-ring (bicyclic) bond motifs is 1. The lowest BCUT2D eigenvalue weighted by molar-refractivity contribution is -0.169. The average Bonchev–Trinajstić information content (AvgIpc) is 2.82. The Labute approximate surface area is 196 Å². The molecular formula is C22H26F3N5O3S. The van der Waals surface area contributed by atoms with E-state index in [2.05, 4.69) is 44.4 Å². The highest BCUT2D eigenvalue weighted by Crippen LogP contribution is 2.31. The van der Waals surface area contributed by atoms with Crippen LogP contribution in [0.25, 0.3) is 0 Å². The second-order valence-corrected chi connectivity index (χ2v) is 10.7. The Morgan fingerprint density at radius 2 is 1.85 bits per heavy atom. The first kappa shape index (κ1) is 24.4. The number of anilines is 1. The number of aromatic nitrogens is 2. The summed E-state index contributed by atoms with van der Waals surface area (Å²) in [4.78, 5) is 23.6. The first-order valence-electron chi connectivity index (χ1n) is 10.9. The summed E-state index contributed by atoms with van der Waals surface area (Å²) >= 11 is 0. The number of ether oxygens (including phenoxy) is 1. The number of hydrogen-bond acceptors (Lipinski definition) is 7. The van der Waals surface area contributed by atoms with Crippen molar-refractivity contribution >= 4 is 21.6 Å². The number of alkyl halides is 3. The molecule has 2 aliphatic rings. The molecule has 3 heterocycles. The van der Waals surface area contributed by atoms with Crippen LogP contribution in [0, 0.1) is 0 Å². The summed E-state index contributed by atoms with van der Waals surface area (Å²) in [5.74, 6) is -1.03. The van der Waals surface area contributed by atoms with Gasteiger partial charge in [-0.15, -0.1) is 4.36 Å². The van der Waals surface area contributed by atoms with Crippen LogP contribution < -0.4 is 9.64 Å². The Hall–Kier alpha value is -2.73. The van der Waals surface area contributed by atoms with Gasteiger partial charge in [0.2, 0.25) is 5.95 Å². The molecule has 0 N–H and O–H groups in total. The third-order valence-corrected chi connectivity index (χ3v) is 7.72. The zero-order valence-corrected chi connectivity index (χ0v) is 19.7. The van der Waals surface area contributed by atoms with Gasteiger partial charge in [-0.2, -0.15) is 13.2 Å². The van der Waals surface area contributed by atoms with Crippen molar-refractivity contribution in [2.24, 2.45) is 4.36 Å². The Kier molecular flexibility index (Phi) is 6.81. The lowest BCUT2D eigenvalue weighted by Gasteiger charge is -2.38. The van der Waals surface area contributed by atoms with E-state index < -0.39 is 21.8 Å². The van der Waals surface area contributed by atoms with Gasteiger partial charge >= 0.3 is 12.1 Å². The molecule has 1 amide bonds. The molecule has 0 spiro atoms.